The molecule has 0 saturated carbocycles. The normalized spacial score (nSPS) is 16.0. The monoisotopic (exact) mass is 393 g/mol. The van der Waals surface area contributed by atoms with E-state index in [1.165, 1.54) is 12.1 Å². The topological polar surface area (TPSA) is 38.7 Å². The number of carbonyl (C=O) groups excluding carboxylic acids is 1. The highest BCUT2D eigenvalue weighted by Gasteiger charge is 2.25. The molecule has 0 saturated heterocycles. The molecule has 3 nitrogen and oxygen atoms in total. The summed E-state index contributed by atoms with van der Waals surface area (Å²) in [6.45, 7) is 0. The van der Waals surface area contributed by atoms with Crippen molar-refractivity contribution in [3.8, 4) is 0 Å². The van der Waals surface area contributed by atoms with Gasteiger partial charge in [-0.15, -0.1) is 0 Å². The molecule has 0 N–H and O–H groups in total. The second-order valence-corrected chi connectivity index (χ2v) is 5.61. The molecule has 5 heteroatoms. The van der Waals surface area contributed by atoms with Crippen molar-refractivity contribution in [2.75, 3.05) is 0 Å². The zero-order valence-electron chi connectivity index (χ0n) is 10.7. The summed E-state index contributed by atoms with van der Waals surface area (Å²) in [6.07, 6.45) is 1.62. The first-order valence-corrected chi connectivity index (χ1v) is 7.24. The molecule has 1 aliphatic rings. The van der Waals surface area contributed by atoms with Crippen LogP contribution in [0.15, 0.2) is 59.2 Å². The molecule has 1 heterocycles. The van der Waals surface area contributed by atoms with Crippen molar-refractivity contribution in [2.45, 2.75) is 0 Å². The van der Waals surface area contributed by atoms with Crippen LogP contribution in [0.4, 0.5) is 4.39 Å². The third-order valence-corrected chi connectivity index (χ3v) is 3.62. The minimum atomic E-state index is -0.577. The van der Waals surface area contributed by atoms with E-state index in [1.807, 2.05) is 24.3 Å². The van der Waals surface area contributed by atoms with Crippen molar-refractivity contribution in [2.24, 2.45) is 4.99 Å². The molecule has 0 aliphatic carbocycles. The van der Waals surface area contributed by atoms with Gasteiger partial charge in [-0.25, -0.2) is 14.2 Å². The largest absolute Gasteiger partial charge is 0.402 e. The molecule has 0 fully saturated rings. The van der Waals surface area contributed by atoms with Gasteiger partial charge in [-0.05, 0) is 58.5 Å². The van der Waals surface area contributed by atoms with Crippen molar-refractivity contribution in [1.82, 2.24) is 0 Å². The van der Waals surface area contributed by atoms with Gasteiger partial charge in [-0.1, -0.05) is 24.3 Å². The van der Waals surface area contributed by atoms with Crippen LogP contribution >= 0.6 is 22.6 Å². The lowest BCUT2D eigenvalue weighted by Gasteiger charge is -1.99. The number of ether oxygens (including phenoxy) is 1. The zero-order valence-corrected chi connectivity index (χ0v) is 12.9. The Bertz CT molecular complexity index is 766. The number of esters is 1. The maximum absolute atomic E-state index is 13.7. The van der Waals surface area contributed by atoms with E-state index in [-0.39, 0.29) is 17.2 Å². The van der Waals surface area contributed by atoms with Crippen LogP contribution < -0.4 is 0 Å². The lowest BCUT2D eigenvalue weighted by molar-refractivity contribution is -0.129. The number of nitrogens with zero attached hydrogens (tertiary/aromatic N) is 1. The van der Waals surface area contributed by atoms with Crippen LogP contribution in [0.5, 0.6) is 0 Å². The minimum absolute atomic E-state index is 0.00476. The molecule has 0 unspecified atom stereocenters. The van der Waals surface area contributed by atoms with Gasteiger partial charge in [0.05, 0.1) is 5.56 Å². The first-order chi connectivity index (χ1) is 10.1. The third-order valence-electron chi connectivity index (χ3n) is 2.90. The van der Waals surface area contributed by atoms with E-state index in [0.717, 1.165) is 9.13 Å². The fraction of sp³-hybridized carbons (Fsp3) is 0. The number of carbonyl (C=O) groups is 1. The van der Waals surface area contributed by atoms with E-state index in [9.17, 15) is 9.18 Å². The smallest absolute Gasteiger partial charge is 0.363 e. The zero-order chi connectivity index (χ0) is 14.8. The van der Waals surface area contributed by atoms with Gasteiger partial charge in [-0.3, -0.25) is 0 Å². The first kappa shape index (κ1) is 13.9. The van der Waals surface area contributed by atoms with E-state index in [1.54, 1.807) is 18.2 Å². The predicted octanol–water partition coefficient (Wildman–Crippen LogP) is 3.77. The molecule has 2 aromatic carbocycles. The number of halogens is 2. The predicted molar refractivity (Wildman–Crippen MR) is 86.2 cm³/mol. The van der Waals surface area contributed by atoms with Gasteiger partial charge in [0.25, 0.3) is 0 Å². The summed E-state index contributed by atoms with van der Waals surface area (Å²) in [6, 6.07) is 13.6. The highest BCUT2D eigenvalue weighted by molar-refractivity contribution is 14.1. The quantitative estimate of drug-likeness (QED) is 0.443. The van der Waals surface area contributed by atoms with Gasteiger partial charge in [0.1, 0.15) is 5.82 Å². The number of aliphatic imine (C=N–C) groups is 1. The van der Waals surface area contributed by atoms with Gasteiger partial charge < -0.3 is 4.74 Å². The lowest BCUT2D eigenvalue weighted by atomic mass is 10.2. The van der Waals surface area contributed by atoms with E-state index in [0.29, 0.717) is 0 Å². The van der Waals surface area contributed by atoms with Crippen molar-refractivity contribution >= 4 is 40.5 Å². The fourth-order valence-corrected chi connectivity index (χ4v) is 2.24. The number of hydrogen-bond acceptors (Lipinski definition) is 3. The Morgan fingerprint density at radius 2 is 1.81 bits per heavy atom. The molecular formula is C16H9FINO2. The molecule has 0 atom stereocenters. The summed E-state index contributed by atoms with van der Waals surface area (Å²) in [7, 11) is 0. The molecule has 1 aliphatic heterocycles. The summed E-state index contributed by atoms with van der Waals surface area (Å²) < 4.78 is 19.8. The summed E-state index contributed by atoms with van der Waals surface area (Å²) >= 11 is 2.20. The SMILES string of the molecule is O=C1OC(c2ccccc2F)=N/C1=C\c1ccc(I)cc1. The number of rotatable bonds is 2. The fourth-order valence-electron chi connectivity index (χ4n) is 1.88. The second kappa shape index (κ2) is 5.77. The van der Waals surface area contributed by atoms with Crippen molar-refractivity contribution in [3.05, 3.63) is 74.7 Å². The van der Waals surface area contributed by atoms with Crippen LogP contribution in [0.25, 0.3) is 6.08 Å². The Morgan fingerprint density at radius 1 is 1.10 bits per heavy atom. The van der Waals surface area contributed by atoms with Gasteiger partial charge in [0.15, 0.2) is 5.70 Å². The van der Waals surface area contributed by atoms with Crippen LogP contribution in [0.1, 0.15) is 11.1 Å². The highest BCUT2D eigenvalue weighted by Crippen LogP contribution is 2.20. The molecule has 0 radical (unpaired) electrons. The average Bonchev–Trinajstić information content (AvgIpc) is 2.83. The van der Waals surface area contributed by atoms with Gasteiger partial charge in [-0.2, -0.15) is 0 Å². The molecule has 0 bridgehead atoms. The standard InChI is InChI=1S/C16H9FINO2/c17-13-4-2-1-3-12(13)15-19-14(16(20)21-15)9-10-5-7-11(18)8-6-10/h1-9H/b14-9-. The lowest BCUT2D eigenvalue weighted by Crippen LogP contribution is -2.07. The minimum Gasteiger partial charge on any atom is -0.402 e. The summed E-state index contributed by atoms with van der Waals surface area (Å²) in [5.41, 5.74) is 1.17. The number of hydrogen-bond donors (Lipinski definition) is 0. The number of benzene rings is 2. The molecule has 2 aromatic rings. The van der Waals surface area contributed by atoms with Crippen molar-refractivity contribution in [3.63, 3.8) is 0 Å². The van der Waals surface area contributed by atoms with E-state index < -0.39 is 11.8 Å². The van der Waals surface area contributed by atoms with Crippen LogP contribution in [-0.4, -0.2) is 11.9 Å². The van der Waals surface area contributed by atoms with Gasteiger partial charge >= 0.3 is 5.97 Å². The Balaban J connectivity index is 1.96. The molecular weight excluding hydrogens is 384 g/mol. The van der Waals surface area contributed by atoms with Crippen molar-refractivity contribution in [1.29, 1.82) is 0 Å². The summed E-state index contributed by atoms with van der Waals surface area (Å²) in [5.74, 6) is -1.05. The molecule has 0 spiro atoms. The van der Waals surface area contributed by atoms with Crippen LogP contribution in [0, 0.1) is 9.39 Å². The summed E-state index contributed by atoms with van der Waals surface area (Å²) in [4.78, 5) is 15.9. The van der Waals surface area contributed by atoms with E-state index in [2.05, 4.69) is 27.6 Å². The van der Waals surface area contributed by atoms with Crippen LogP contribution in [-0.2, 0) is 9.53 Å². The molecule has 104 valence electrons. The van der Waals surface area contributed by atoms with Crippen LogP contribution in [0.3, 0.4) is 0 Å². The third kappa shape index (κ3) is 3.02. The Hall–Kier alpha value is -2.02. The maximum atomic E-state index is 13.7. The van der Waals surface area contributed by atoms with Gasteiger partial charge in [0.2, 0.25) is 5.90 Å². The summed E-state index contributed by atoms with van der Waals surface area (Å²) in [5, 5.41) is 0. The molecule has 0 aromatic heterocycles. The van der Waals surface area contributed by atoms with Crippen LogP contribution in [0.2, 0.25) is 0 Å². The van der Waals surface area contributed by atoms with E-state index >= 15 is 0 Å². The van der Waals surface area contributed by atoms with Crippen molar-refractivity contribution < 1.29 is 13.9 Å². The molecule has 0 amide bonds. The maximum Gasteiger partial charge on any atom is 0.363 e. The first-order valence-electron chi connectivity index (χ1n) is 6.16. The Morgan fingerprint density at radius 3 is 2.52 bits per heavy atom. The second-order valence-electron chi connectivity index (χ2n) is 4.37. The Kier molecular flexibility index (Phi) is 3.83. The molecule has 21 heavy (non-hydrogen) atoms. The highest BCUT2D eigenvalue weighted by atomic mass is 127. The van der Waals surface area contributed by atoms with E-state index in [4.69, 9.17) is 4.74 Å². The number of cyclic esters (lactones) is 1. The average molecular weight is 393 g/mol. The Labute approximate surface area is 134 Å². The molecule has 3 rings (SSSR count). The van der Waals surface area contributed by atoms with Gasteiger partial charge in [0, 0.05) is 3.57 Å².